The van der Waals surface area contributed by atoms with E-state index < -0.39 is 17.9 Å². The van der Waals surface area contributed by atoms with Crippen LogP contribution in [0.15, 0.2) is 0 Å². The lowest BCUT2D eigenvalue weighted by atomic mass is 10.0. The number of esters is 1. The summed E-state index contributed by atoms with van der Waals surface area (Å²) in [6, 6.07) is 1.63. The molecule has 5 nitrogen and oxygen atoms in total. The average molecular weight is 199 g/mol. The summed E-state index contributed by atoms with van der Waals surface area (Å²) in [7, 11) is 0. The first kappa shape index (κ1) is 11.0. The molecule has 0 bridgehead atoms. The van der Waals surface area contributed by atoms with Crippen LogP contribution in [0.1, 0.15) is 26.2 Å². The fourth-order valence-corrected chi connectivity index (χ4v) is 1.36. The van der Waals surface area contributed by atoms with E-state index in [9.17, 15) is 9.90 Å². The molecule has 0 aromatic rings. The molecule has 0 aromatic carbocycles. The van der Waals surface area contributed by atoms with Gasteiger partial charge in [0.1, 0.15) is 6.07 Å². The van der Waals surface area contributed by atoms with Gasteiger partial charge < -0.3 is 14.6 Å². The third kappa shape index (κ3) is 2.44. The SMILES string of the molecule is CCOC(=O)C1CCCC(O)(C#N)O1. The lowest BCUT2D eigenvalue weighted by Crippen LogP contribution is -2.43. The van der Waals surface area contributed by atoms with Crippen LogP contribution in [-0.2, 0) is 14.3 Å². The molecule has 1 aliphatic rings. The Morgan fingerprint density at radius 3 is 3.14 bits per heavy atom. The van der Waals surface area contributed by atoms with Crippen LogP contribution in [0.3, 0.4) is 0 Å². The molecular weight excluding hydrogens is 186 g/mol. The second kappa shape index (κ2) is 4.40. The molecule has 1 N–H and O–H groups in total. The van der Waals surface area contributed by atoms with Gasteiger partial charge in [-0.05, 0) is 19.8 Å². The molecule has 1 fully saturated rings. The van der Waals surface area contributed by atoms with Crippen molar-refractivity contribution in [3.63, 3.8) is 0 Å². The number of carbonyl (C=O) groups excluding carboxylic acids is 1. The highest BCUT2D eigenvalue weighted by molar-refractivity contribution is 5.74. The molecule has 78 valence electrons. The normalized spacial score (nSPS) is 31.9. The molecular formula is C9H13NO4. The van der Waals surface area contributed by atoms with E-state index in [0.29, 0.717) is 12.8 Å². The number of rotatable bonds is 2. The van der Waals surface area contributed by atoms with Gasteiger partial charge in [0.2, 0.25) is 0 Å². The maximum atomic E-state index is 11.2. The quantitative estimate of drug-likeness (QED) is 0.512. The number of nitriles is 1. The lowest BCUT2D eigenvalue weighted by molar-refractivity contribution is -0.225. The van der Waals surface area contributed by atoms with Crippen LogP contribution in [-0.4, -0.2) is 29.6 Å². The first-order chi connectivity index (χ1) is 6.61. The Kier molecular flexibility index (Phi) is 3.44. The predicted octanol–water partition coefficient (Wildman–Crippen LogP) is 0.331. The van der Waals surface area contributed by atoms with Gasteiger partial charge in [-0.1, -0.05) is 0 Å². The van der Waals surface area contributed by atoms with Crippen LogP contribution in [0, 0.1) is 11.3 Å². The number of hydrogen-bond donors (Lipinski definition) is 1. The first-order valence-electron chi connectivity index (χ1n) is 4.59. The average Bonchev–Trinajstić information content (AvgIpc) is 2.18. The molecule has 2 unspecified atom stereocenters. The Bertz CT molecular complexity index is 260. The van der Waals surface area contributed by atoms with Crippen LogP contribution in [0.2, 0.25) is 0 Å². The zero-order valence-corrected chi connectivity index (χ0v) is 8.02. The van der Waals surface area contributed by atoms with Crippen molar-refractivity contribution in [2.75, 3.05) is 6.61 Å². The summed E-state index contributed by atoms with van der Waals surface area (Å²) in [4.78, 5) is 11.2. The number of ether oxygens (including phenoxy) is 2. The zero-order valence-electron chi connectivity index (χ0n) is 8.02. The van der Waals surface area contributed by atoms with Crippen molar-refractivity contribution in [2.24, 2.45) is 0 Å². The highest BCUT2D eigenvalue weighted by atomic mass is 16.7. The predicted molar refractivity (Wildman–Crippen MR) is 45.9 cm³/mol. The van der Waals surface area contributed by atoms with Gasteiger partial charge in [0.05, 0.1) is 6.61 Å². The van der Waals surface area contributed by atoms with Crippen molar-refractivity contribution < 1.29 is 19.4 Å². The van der Waals surface area contributed by atoms with Gasteiger partial charge in [0, 0.05) is 6.42 Å². The van der Waals surface area contributed by atoms with Gasteiger partial charge in [0.15, 0.2) is 6.10 Å². The van der Waals surface area contributed by atoms with Gasteiger partial charge in [-0.2, -0.15) is 5.26 Å². The molecule has 14 heavy (non-hydrogen) atoms. The number of nitrogens with zero attached hydrogens (tertiary/aromatic N) is 1. The summed E-state index contributed by atoms with van der Waals surface area (Å²) in [5.74, 6) is -2.34. The summed E-state index contributed by atoms with van der Waals surface area (Å²) < 4.78 is 9.69. The molecule has 0 aliphatic carbocycles. The van der Waals surface area contributed by atoms with E-state index in [1.54, 1.807) is 13.0 Å². The molecule has 1 saturated heterocycles. The van der Waals surface area contributed by atoms with Crippen molar-refractivity contribution >= 4 is 5.97 Å². The maximum Gasteiger partial charge on any atom is 0.335 e. The summed E-state index contributed by atoms with van der Waals surface area (Å²) in [6.07, 6.45) is 0.490. The molecule has 1 aliphatic heterocycles. The smallest absolute Gasteiger partial charge is 0.335 e. The minimum absolute atomic E-state index is 0.236. The monoisotopic (exact) mass is 199 g/mol. The summed E-state index contributed by atoms with van der Waals surface area (Å²) in [6.45, 7) is 1.96. The van der Waals surface area contributed by atoms with Crippen molar-refractivity contribution in [3.8, 4) is 6.07 Å². The maximum absolute atomic E-state index is 11.2. The van der Waals surface area contributed by atoms with Crippen molar-refractivity contribution in [1.82, 2.24) is 0 Å². The van der Waals surface area contributed by atoms with E-state index in [1.165, 1.54) is 0 Å². The topological polar surface area (TPSA) is 79.5 Å². The number of aliphatic hydroxyl groups is 1. The molecule has 0 aromatic heterocycles. The highest BCUT2D eigenvalue weighted by Crippen LogP contribution is 2.26. The van der Waals surface area contributed by atoms with E-state index in [-0.39, 0.29) is 13.0 Å². The fraction of sp³-hybridized carbons (Fsp3) is 0.778. The molecule has 0 saturated carbocycles. The molecule has 2 atom stereocenters. The molecule has 5 heteroatoms. The Balaban J connectivity index is 2.57. The molecule has 1 rings (SSSR count). The zero-order chi connectivity index (χ0) is 10.6. The van der Waals surface area contributed by atoms with Crippen LogP contribution in [0.5, 0.6) is 0 Å². The van der Waals surface area contributed by atoms with Gasteiger partial charge >= 0.3 is 5.97 Å². The fourth-order valence-electron chi connectivity index (χ4n) is 1.36. The third-order valence-corrected chi connectivity index (χ3v) is 2.04. The second-order valence-electron chi connectivity index (χ2n) is 3.15. The third-order valence-electron chi connectivity index (χ3n) is 2.04. The molecule has 1 heterocycles. The standard InChI is InChI=1S/C9H13NO4/c1-2-13-8(11)7-4-3-5-9(12,6-10)14-7/h7,12H,2-5H2,1H3. The van der Waals surface area contributed by atoms with Crippen LogP contribution in [0.4, 0.5) is 0 Å². The van der Waals surface area contributed by atoms with Crippen LogP contribution >= 0.6 is 0 Å². The Labute approximate surface area is 82.2 Å². The van der Waals surface area contributed by atoms with E-state index >= 15 is 0 Å². The van der Waals surface area contributed by atoms with Crippen molar-refractivity contribution in [1.29, 1.82) is 5.26 Å². The van der Waals surface area contributed by atoms with Gasteiger partial charge in [-0.3, -0.25) is 0 Å². The van der Waals surface area contributed by atoms with E-state index in [1.807, 2.05) is 0 Å². The van der Waals surface area contributed by atoms with E-state index in [2.05, 4.69) is 0 Å². The number of hydrogen-bond acceptors (Lipinski definition) is 5. The van der Waals surface area contributed by atoms with Gasteiger partial charge in [0.25, 0.3) is 5.79 Å². The van der Waals surface area contributed by atoms with E-state index in [4.69, 9.17) is 14.7 Å². The Morgan fingerprint density at radius 2 is 2.57 bits per heavy atom. The van der Waals surface area contributed by atoms with Crippen LogP contribution < -0.4 is 0 Å². The molecule has 0 amide bonds. The lowest BCUT2D eigenvalue weighted by Gasteiger charge is -2.30. The minimum atomic E-state index is -1.82. The Hall–Kier alpha value is -1.12. The van der Waals surface area contributed by atoms with E-state index in [0.717, 1.165) is 0 Å². The van der Waals surface area contributed by atoms with Gasteiger partial charge in [-0.15, -0.1) is 0 Å². The molecule has 0 radical (unpaired) electrons. The second-order valence-corrected chi connectivity index (χ2v) is 3.15. The van der Waals surface area contributed by atoms with Gasteiger partial charge in [-0.25, -0.2) is 4.79 Å². The number of carbonyl (C=O) groups is 1. The summed E-state index contributed by atoms with van der Waals surface area (Å²) >= 11 is 0. The molecule has 0 spiro atoms. The first-order valence-corrected chi connectivity index (χ1v) is 4.59. The Morgan fingerprint density at radius 1 is 1.86 bits per heavy atom. The summed E-state index contributed by atoms with van der Waals surface area (Å²) in [5.41, 5.74) is 0. The van der Waals surface area contributed by atoms with Crippen molar-refractivity contribution in [3.05, 3.63) is 0 Å². The largest absolute Gasteiger partial charge is 0.464 e. The highest BCUT2D eigenvalue weighted by Gasteiger charge is 2.39. The van der Waals surface area contributed by atoms with Crippen molar-refractivity contribution in [2.45, 2.75) is 38.1 Å². The summed E-state index contributed by atoms with van der Waals surface area (Å²) in [5, 5.41) is 18.1. The minimum Gasteiger partial charge on any atom is -0.464 e. The van der Waals surface area contributed by atoms with Crippen LogP contribution in [0.25, 0.3) is 0 Å².